The van der Waals surface area contributed by atoms with E-state index in [9.17, 15) is 14.4 Å². The first-order valence-electron chi connectivity index (χ1n) is 8.15. The zero-order valence-corrected chi connectivity index (χ0v) is 14.9. The Hall–Kier alpha value is -2.86. The fourth-order valence-electron chi connectivity index (χ4n) is 2.59. The van der Waals surface area contributed by atoms with Crippen molar-refractivity contribution in [1.29, 1.82) is 0 Å². The molecule has 0 aromatic heterocycles. The van der Waals surface area contributed by atoms with Gasteiger partial charge in [0.25, 0.3) is 0 Å². The molecule has 1 aliphatic rings. The van der Waals surface area contributed by atoms with Crippen molar-refractivity contribution in [3.05, 3.63) is 53.6 Å². The van der Waals surface area contributed by atoms with Crippen LogP contribution in [-0.4, -0.2) is 17.7 Å². The van der Waals surface area contributed by atoms with Crippen molar-refractivity contribution in [2.75, 3.05) is 16.0 Å². The van der Waals surface area contributed by atoms with Crippen molar-refractivity contribution in [3.8, 4) is 0 Å². The normalized spacial score (nSPS) is 14.2. The van der Waals surface area contributed by atoms with Gasteiger partial charge in [-0.05, 0) is 55.3 Å². The Bertz CT molecular complexity index is 861. The van der Waals surface area contributed by atoms with Crippen LogP contribution in [0.1, 0.15) is 19.8 Å². The quantitative estimate of drug-likeness (QED) is 0.701. The highest BCUT2D eigenvalue weighted by Gasteiger charge is 2.56. The van der Waals surface area contributed by atoms with Gasteiger partial charge >= 0.3 is 0 Å². The minimum absolute atomic E-state index is 0.200. The molecular weight excluding hydrogens is 354 g/mol. The van der Waals surface area contributed by atoms with E-state index in [-0.39, 0.29) is 17.7 Å². The highest BCUT2D eigenvalue weighted by Crippen LogP contribution is 2.47. The third kappa shape index (κ3) is 4.03. The topological polar surface area (TPSA) is 87.3 Å². The molecule has 6 nitrogen and oxygen atoms in total. The van der Waals surface area contributed by atoms with Gasteiger partial charge in [0.2, 0.25) is 17.7 Å². The van der Waals surface area contributed by atoms with E-state index in [4.69, 9.17) is 11.6 Å². The number of hydrogen-bond donors (Lipinski definition) is 3. The van der Waals surface area contributed by atoms with Crippen molar-refractivity contribution in [1.82, 2.24) is 0 Å². The average molecular weight is 372 g/mol. The van der Waals surface area contributed by atoms with Crippen molar-refractivity contribution in [2.45, 2.75) is 19.8 Å². The highest BCUT2D eigenvalue weighted by atomic mass is 35.5. The van der Waals surface area contributed by atoms with Gasteiger partial charge in [-0.2, -0.15) is 0 Å². The van der Waals surface area contributed by atoms with Gasteiger partial charge in [0.05, 0.1) is 0 Å². The Balaban J connectivity index is 1.68. The lowest BCUT2D eigenvalue weighted by Gasteiger charge is -2.16. The second kappa shape index (κ2) is 7.17. The summed E-state index contributed by atoms with van der Waals surface area (Å²) in [6.45, 7) is 1.41. The van der Waals surface area contributed by atoms with E-state index in [0.29, 0.717) is 34.9 Å². The third-order valence-electron chi connectivity index (χ3n) is 4.16. The van der Waals surface area contributed by atoms with Gasteiger partial charge in [-0.1, -0.05) is 17.7 Å². The summed E-state index contributed by atoms with van der Waals surface area (Å²) in [5.74, 6) is -0.895. The largest absolute Gasteiger partial charge is 0.326 e. The van der Waals surface area contributed by atoms with Gasteiger partial charge < -0.3 is 16.0 Å². The molecular formula is C19H18ClN3O3. The third-order valence-corrected chi connectivity index (χ3v) is 4.41. The van der Waals surface area contributed by atoms with Gasteiger partial charge in [-0.3, -0.25) is 14.4 Å². The van der Waals surface area contributed by atoms with Crippen molar-refractivity contribution >= 4 is 46.4 Å². The Labute approximate surface area is 155 Å². The van der Waals surface area contributed by atoms with Gasteiger partial charge in [-0.15, -0.1) is 0 Å². The lowest BCUT2D eigenvalue weighted by molar-refractivity contribution is -0.131. The first kappa shape index (κ1) is 17.9. The summed E-state index contributed by atoms with van der Waals surface area (Å²) in [4.78, 5) is 36.3. The molecule has 2 aromatic carbocycles. The number of hydrogen-bond acceptors (Lipinski definition) is 3. The molecule has 7 heteroatoms. The second-order valence-corrected chi connectivity index (χ2v) is 6.70. The van der Waals surface area contributed by atoms with E-state index in [1.165, 1.54) is 6.92 Å². The maximum atomic E-state index is 12.6. The van der Waals surface area contributed by atoms with Crippen LogP contribution in [-0.2, 0) is 14.4 Å². The van der Waals surface area contributed by atoms with Crippen LogP contribution >= 0.6 is 11.6 Å². The SMILES string of the molecule is CC(=O)Nc1cccc(NC(=O)C2(C(=O)Nc3ccc(Cl)cc3)CC2)c1. The molecule has 1 aliphatic carbocycles. The molecule has 3 N–H and O–H groups in total. The van der Waals surface area contributed by atoms with Crippen LogP contribution in [0.2, 0.25) is 5.02 Å². The predicted octanol–water partition coefficient (Wildman–Crippen LogP) is 3.66. The van der Waals surface area contributed by atoms with Crippen LogP contribution in [0.4, 0.5) is 17.1 Å². The minimum Gasteiger partial charge on any atom is -0.326 e. The lowest BCUT2D eigenvalue weighted by atomic mass is 10.0. The number of carbonyl (C=O) groups excluding carboxylic acids is 3. The van der Waals surface area contributed by atoms with Crippen molar-refractivity contribution in [3.63, 3.8) is 0 Å². The Kier molecular flexibility index (Phi) is 4.95. The van der Waals surface area contributed by atoms with E-state index in [2.05, 4.69) is 16.0 Å². The molecule has 0 saturated heterocycles. The van der Waals surface area contributed by atoms with E-state index in [1.54, 1.807) is 48.5 Å². The molecule has 134 valence electrons. The molecule has 0 heterocycles. The molecule has 26 heavy (non-hydrogen) atoms. The van der Waals surface area contributed by atoms with Gasteiger partial charge in [-0.25, -0.2) is 0 Å². The molecule has 0 bridgehead atoms. The number of nitrogens with one attached hydrogen (secondary N) is 3. The maximum Gasteiger partial charge on any atom is 0.240 e. The van der Waals surface area contributed by atoms with Crippen LogP contribution in [0.3, 0.4) is 0 Å². The number of benzene rings is 2. The minimum atomic E-state index is -1.07. The Morgan fingerprint density at radius 3 is 1.92 bits per heavy atom. The first-order valence-corrected chi connectivity index (χ1v) is 8.53. The molecule has 1 fully saturated rings. The molecule has 2 aromatic rings. The number of amides is 3. The monoisotopic (exact) mass is 371 g/mol. The summed E-state index contributed by atoms with van der Waals surface area (Å²) in [7, 11) is 0. The van der Waals surface area contributed by atoms with Crippen molar-refractivity contribution < 1.29 is 14.4 Å². The van der Waals surface area contributed by atoms with E-state index in [1.807, 2.05) is 0 Å². The molecule has 0 atom stereocenters. The van der Waals surface area contributed by atoms with Crippen molar-refractivity contribution in [2.24, 2.45) is 5.41 Å². The molecule has 3 rings (SSSR count). The fraction of sp³-hybridized carbons (Fsp3) is 0.211. The Morgan fingerprint density at radius 2 is 1.38 bits per heavy atom. The molecule has 0 radical (unpaired) electrons. The molecule has 1 saturated carbocycles. The zero-order chi connectivity index (χ0) is 18.7. The maximum absolute atomic E-state index is 12.6. The molecule has 0 aliphatic heterocycles. The number of carbonyl (C=O) groups is 3. The van der Waals surface area contributed by atoms with Gasteiger partial charge in [0.15, 0.2) is 0 Å². The second-order valence-electron chi connectivity index (χ2n) is 6.26. The molecule has 3 amide bonds. The Morgan fingerprint density at radius 1 is 0.846 bits per heavy atom. The summed E-state index contributed by atoms with van der Waals surface area (Å²) in [5.41, 5.74) is 0.618. The number of rotatable bonds is 5. The van der Waals surface area contributed by atoms with Crippen LogP contribution in [0.15, 0.2) is 48.5 Å². The van der Waals surface area contributed by atoms with Crippen LogP contribution in [0.5, 0.6) is 0 Å². The smallest absolute Gasteiger partial charge is 0.240 e. The standard InChI is InChI=1S/C19H18ClN3O3/c1-12(24)21-15-3-2-4-16(11-15)23-18(26)19(9-10-19)17(25)22-14-7-5-13(20)6-8-14/h2-8,11H,9-10H2,1H3,(H,21,24)(H,22,25)(H,23,26). The van der Waals surface area contributed by atoms with Crippen LogP contribution in [0, 0.1) is 5.41 Å². The number of anilines is 3. The summed E-state index contributed by atoms with van der Waals surface area (Å²) in [6, 6.07) is 13.5. The van der Waals surface area contributed by atoms with E-state index in [0.717, 1.165) is 0 Å². The lowest BCUT2D eigenvalue weighted by Crippen LogP contribution is -2.35. The highest BCUT2D eigenvalue weighted by molar-refractivity contribution is 6.30. The summed E-state index contributed by atoms with van der Waals surface area (Å²) in [5, 5.41) is 8.75. The summed E-state index contributed by atoms with van der Waals surface area (Å²) in [6.07, 6.45) is 0.979. The van der Waals surface area contributed by atoms with Crippen LogP contribution < -0.4 is 16.0 Å². The van der Waals surface area contributed by atoms with Crippen LogP contribution in [0.25, 0.3) is 0 Å². The summed E-state index contributed by atoms with van der Waals surface area (Å²) >= 11 is 5.83. The van der Waals surface area contributed by atoms with Gasteiger partial charge in [0.1, 0.15) is 5.41 Å². The molecule has 0 spiro atoms. The predicted molar refractivity (Wildman–Crippen MR) is 101 cm³/mol. The average Bonchev–Trinajstić information content (AvgIpc) is 3.38. The zero-order valence-electron chi connectivity index (χ0n) is 14.1. The fourth-order valence-corrected chi connectivity index (χ4v) is 2.72. The summed E-state index contributed by atoms with van der Waals surface area (Å²) < 4.78 is 0. The van der Waals surface area contributed by atoms with Gasteiger partial charge in [0, 0.05) is 29.0 Å². The molecule has 0 unspecified atom stereocenters. The number of halogens is 1. The first-order chi connectivity index (χ1) is 12.4. The van der Waals surface area contributed by atoms with E-state index >= 15 is 0 Å². The van der Waals surface area contributed by atoms with E-state index < -0.39 is 5.41 Å².